The highest BCUT2D eigenvalue weighted by Gasteiger charge is 2.09. The Bertz CT molecular complexity index is 608. The van der Waals surface area contributed by atoms with Gasteiger partial charge in [-0.1, -0.05) is 37.0 Å². The Hall–Kier alpha value is -1.30. The first-order valence-corrected chi connectivity index (χ1v) is 7.51. The maximum Gasteiger partial charge on any atom is 0.325 e. The predicted molar refractivity (Wildman–Crippen MR) is 85.3 cm³/mol. The summed E-state index contributed by atoms with van der Waals surface area (Å²) in [5, 5.41) is 6.81. The molecule has 106 valence electrons. The van der Waals surface area contributed by atoms with Crippen molar-refractivity contribution < 1.29 is 4.79 Å². The number of hydrogen-bond donors (Lipinski definition) is 2. The van der Waals surface area contributed by atoms with E-state index in [0.29, 0.717) is 26.8 Å². The fourth-order valence-corrected chi connectivity index (χ4v) is 2.84. The number of amides is 2. The van der Waals surface area contributed by atoms with Crippen LogP contribution in [0.5, 0.6) is 0 Å². The van der Waals surface area contributed by atoms with Crippen molar-refractivity contribution >= 4 is 51.4 Å². The van der Waals surface area contributed by atoms with Gasteiger partial charge < -0.3 is 5.32 Å². The first-order chi connectivity index (χ1) is 9.44. The van der Waals surface area contributed by atoms with Gasteiger partial charge in [0.15, 0.2) is 5.13 Å². The molecule has 0 spiro atoms. The molecular weight excluding hydrogens is 317 g/mol. The van der Waals surface area contributed by atoms with Gasteiger partial charge in [-0.3, -0.25) is 5.32 Å². The zero-order chi connectivity index (χ0) is 14.7. The molecule has 20 heavy (non-hydrogen) atoms. The van der Waals surface area contributed by atoms with E-state index >= 15 is 0 Å². The maximum atomic E-state index is 11.8. The molecule has 1 aromatic carbocycles. The molecule has 0 fully saturated rings. The molecule has 0 aliphatic carbocycles. The first-order valence-electron chi connectivity index (χ1n) is 5.94. The maximum absolute atomic E-state index is 11.8. The third kappa shape index (κ3) is 4.10. The molecule has 2 amide bonds. The molecule has 0 saturated heterocycles. The van der Waals surface area contributed by atoms with E-state index in [1.54, 1.807) is 24.4 Å². The van der Waals surface area contributed by atoms with Gasteiger partial charge in [0.25, 0.3) is 0 Å². The fraction of sp³-hybridized carbons (Fsp3) is 0.231. The number of halogens is 2. The molecule has 2 N–H and O–H groups in total. The van der Waals surface area contributed by atoms with E-state index in [-0.39, 0.29) is 6.03 Å². The monoisotopic (exact) mass is 329 g/mol. The van der Waals surface area contributed by atoms with Crippen molar-refractivity contribution in [1.29, 1.82) is 0 Å². The Morgan fingerprint density at radius 2 is 1.85 bits per heavy atom. The molecule has 0 radical (unpaired) electrons. The molecule has 1 aromatic heterocycles. The summed E-state index contributed by atoms with van der Waals surface area (Å²) in [7, 11) is 0. The van der Waals surface area contributed by atoms with Crippen molar-refractivity contribution in [3.8, 4) is 0 Å². The lowest BCUT2D eigenvalue weighted by Gasteiger charge is -2.06. The summed E-state index contributed by atoms with van der Waals surface area (Å²) in [5.41, 5.74) is 0.528. The van der Waals surface area contributed by atoms with Crippen LogP contribution in [0.25, 0.3) is 0 Å². The van der Waals surface area contributed by atoms with Crippen molar-refractivity contribution in [3.63, 3.8) is 0 Å². The minimum atomic E-state index is -0.381. The minimum absolute atomic E-state index is 0.381. The summed E-state index contributed by atoms with van der Waals surface area (Å²) in [4.78, 5) is 17.1. The molecule has 0 aliphatic rings. The molecule has 0 unspecified atom stereocenters. The number of aromatic nitrogens is 1. The molecule has 0 aliphatic heterocycles. The third-order valence-corrected chi connectivity index (χ3v) is 4.08. The average Bonchev–Trinajstić information content (AvgIpc) is 2.75. The van der Waals surface area contributed by atoms with Crippen molar-refractivity contribution in [2.24, 2.45) is 0 Å². The normalized spacial score (nSPS) is 10.7. The summed E-state index contributed by atoms with van der Waals surface area (Å²) >= 11 is 13.2. The summed E-state index contributed by atoms with van der Waals surface area (Å²) in [5.74, 6) is 0.387. The summed E-state index contributed by atoms with van der Waals surface area (Å²) < 4.78 is 0. The topological polar surface area (TPSA) is 54.0 Å². The number of carbonyl (C=O) groups is 1. The Balaban J connectivity index is 2.01. The van der Waals surface area contributed by atoms with Crippen LogP contribution in [0.4, 0.5) is 15.6 Å². The number of thiazole rings is 1. The zero-order valence-electron chi connectivity index (χ0n) is 10.9. The standard InChI is InChI=1S/C13H13Cl2N3OS/c1-7(2)11-6-16-13(20-11)18-12(19)17-10-4-8(14)3-9(15)5-10/h3-7H,1-2H3,(H2,16,17,18,19). The van der Waals surface area contributed by atoms with E-state index in [2.05, 4.69) is 29.5 Å². The number of nitrogens with zero attached hydrogens (tertiary/aromatic N) is 1. The van der Waals surface area contributed by atoms with Crippen molar-refractivity contribution in [1.82, 2.24) is 4.98 Å². The SMILES string of the molecule is CC(C)c1cnc(NC(=O)Nc2cc(Cl)cc(Cl)c2)s1. The van der Waals surface area contributed by atoms with Crippen LogP contribution in [0.3, 0.4) is 0 Å². The number of carbonyl (C=O) groups excluding carboxylic acids is 1. The molecule has 7 heteroatoms. The van der Waals surface area contributed by atoms with E-state index in [1.165, 1.54) is 11.3 Å². The summed E-state index contributed by atoms with van der Waals surface area (Å²) in [6, 6.07) is 4.46. The largest absolute Gasteiger partial charge is 0.325 e. The van der Waals surface area contributed by atoms with Crippen molar-refractivity contribution in [2.75, 3.05) is 10.6 Å². The molecule has 2 rings (SSSR count). The fourth-order valence-electron chi connectivity index (χ4n) is 1.50. The van der Waals surface area contributed by atoms with Crippen LogP contribution in [0.1, 0.15) is 24.6 Å². The highest BCUT2D eigenvalue weighted by Crippen LogP contribution is 2.26. The second-order valence-corrected chi connectivity index (χ2v) is 6.39. The Morgan fingerprint density at radius 3 is 2.40 bits per heavy atom. The Labute approximate surface area is 131 Å². The third-order valence-electron chi connectivity index (χ3n) is 2.43. The number of benzene rings is 1. The zero-order valence-corrected chi connectivity index (χ0v) is 13.2. The number of nitrogens with one attached hydrogen (secondary N) is 2. The predicted octanol–water partition coefficient (Wildman–Crippen LogP) is 5.22. The van der Waals surface area contributed by atoms with Gasteiger partial charge in [0.2, 0.25) is 0 Å². The molecule has 4 nitrogen and oxygen atoms in total. The van der Waals surface area contributed by atoms with Gasteiger partial charge in [0, 0.05) is 26.8 Å². The van der Waals surface area contributed by atoms with Gasteiger partial charge in [0.05, 0.1) is 0 Å². The summed E-state index contributed by atoms with van der Waals surface area (Å²) in [6.07, 6.45) is 1.77. The molecule has 0 bridgehead atoms. The van der Waals surface area contributed by atoms with E-state index < -0.39 is 0 Å². The van der Waals surface area contributed by atoms with Crippen molar-refractivity contribution in [3.05, 3.63) is 39.3 Å². The van der Waals surface area contributed by atoms with Crippen LogP contribution in [-0.2, 0) is 0 Å². The molecular formula is C13H13Cl2N3OS. The van der Waals surface area contributed by atoms with Gasteiger partial charge in [0.1, 0.15) is 0 Å². The number of urea groups is 1. The van der Waals surface area contributed by atoms with Crippen LogP contribution >= 0.6 is 34.5 Å². The van der Waals surface area contributed by atoms with Crippen LogP contribution in [0, 0.1) is 0 Å². The van der Waals surface area contributed by atoms with Gasteiger partial charge >= 0.3 is 6.03 Å². The van der Waals surface area contributed by atoms with E-state index in [0.717, 1.165) is 4.88 Å². The van der Waals surface area contributed by atoms with E-state index in [9.17, 15) is 4.79 Å². The van der Waals surface area contributed by atoms with Gasteiger partial charge in [-0.2, -0.15) is 0 Å². The van der Waals surface area contributed by atoms with Crippen LogP contribution in [0.2, 0.25) is 10.0 Å². The lowest BCUT2D eigenvalue weighted by atomic mass is 10.2. The van der Waals surface area contributed by atoms with Crippen molar-refractivity contribution in [2.45, 2.75) is 19.8 Å². The van der Waals surface area contributed by atoms with Crippen LogP contribution < -0.4 is 10.6 Å². The Morgan fingerprint density at radius 1 is 1.20 bits per heavy atom. The van der Waals surface area contributed by atoms with E-state index in [4.69, 9.17) is 23.2 Å². The quantitative estimate of drug-likeness (QED) is 0.811. The molecule has 2 aromatic rings. The number of anilines is 2. The lowest BCUT2D eigenvalue weighted by molar-refractivity contribution is 0.262. The van der Waals surface area contributed by atoms with E-state index in [1.807, 2.05) is 0 Å². The highest BCUT2D eigenvalue weighted by atomic mass is 35.5. The Kier molecular flexibility index (Phi) is 4.86. The molecule has 0 saturated carbocycles. The number of hydrogen-bond acceptors (Lipinski definition) is 3. The second-order valence-electron chi connectivity index (χ2n) is 4.46. The second kappa shape index (κ2) is 6.43. The van der Waals surface area contributed by atoms with Crippen LogP contribution in [-0.4, -0.2) is 11.0 Å². The van der Waals surface area contributed by atoms with Crippen LogP contribution in [0.15, 0.2) is 24.4 Å². The smallest absolute Gasteiger partial charge is 0.308 e. The van der Waals surface area contributed by atoms with Gasteiger partial charge in [-0.25, -0.2) is 9.78 Å². The number of rotatable bonds is 3. The minimum Gasteiger partial charge on any atom is -0.308 e. The first kappa shape index (κ1) is 15.1. The molecule has 1 heterocycles. The van der Waals surface area contributed by atoms with Gasteiger partial charge in [-0.05, 0) is 24.1 Å². The van der Waals surface area contributed by atoms with Gasteiger partial charge in [-0.15, -0.1) is 11.3 Å². The lowest BCUT2D eigenvalue weighted by Crippen LogP contribution is -2.19. The highest BCUT2D eigenvalue weighted by molar-refractivity contribution is 7.15. The summed E-state index contributed by atoms with van der Waals surface area (Å²) in [6.45, 7) is 4.15. The molecule has 0 atom stereocenters. The average molecular weight is 330 g/mol.